The van der Waals surface area contributed by atoms with E-state index in [4.69, 9.17) is 5.73 Å². The van der Waals surface area contributed by atoms with Crippen molar-refractivity contribution < 1.29 is 14.4 Å². The summed E-state index contributed by atoms with van der Waals surface area (Å²) in [6.07, 6.45) is 7.49. The number of rotatable bonds is 5. The highest BCUT2D eigenvalue weighted by molar-refractivity contribution is 5.91. The predicted molar refractivity (Wildman–Crippen MR) is 101 cm³/mol. The number of carbonyl (C=O) groups excluding carboxylic acids is 3. The van der Waals surface area contributed by atoms with Crippen LogP contribution in [0.3, 0.4) is 0 Å². The molecule has 6 heteroatoms. The summed E-state index contributed by atoms with van der Waals surface area (Å²) >= 11 is 0. The third-order valence-corrected chi connectivity index (χ3v) is 7.64. The highest BCUT2D eigenvalue weighted by Crippen LogP contribution is 2.60. The first-order valence-corrected chi connectivity index (χ1v) is 10.7. The molecule has 0 aromatic heterocycles. The van der Waals surface area contributed by atoms with Crippen molar-refractivity contribution in [3.05, 3.63) is 0 Å². The van der Waals surface area contributed by atoms with Gasteiger partial charge in [0.15, 0.2) is 0 Å². The number of nitrogens with two attached hydrogens (primary N) is 1. The molecule has 0 unspecified atom stereocenters. The molecular weight excluding hydrogens is 342 g/mol. The van der Waals surface area contributed by atoms with Gasteiger partial charge in [-0.2, -0.15) is 0 Å². The second-order valence-electron chi connectivity index (χ2n) is 10.1. The molecule has 0 aromatic rings. The summed E-state index contributed by atoms with van der Waals surface area (Å²) in [5.41, 5.74) is 5.15. The fraction of sp³-hybridized carbons (Fsp3) is 0.857. The quantitative estimate of drug-likeness (QED) is 0.766. The van der Waals surface area contributed by atoms with Crippen molar-refractivity contribution in [3.8, 4) is 0 Å². The van der Waals surface area contributed by atoms with Crippen molar-refractivity contribution in [2.75, 3.05) is 13.1 Å². The molecule has 3 N–H and O–H groups in total. The molecule has 6 nitrogen and oxygen atoms in total. The number of hydrogen-bond acceptors (Lipinski definition) is 3. The van der Waals surface area contributed by atoms with Crippen LogP contribution in [0.4, 0.5) is 0 Å². The second-order valence-corrected chi connectivity index (χ2v) is 10.1. The third kappa shape index (κ3) is 3.36. The van der Waals surface area contributed by atoms with Crippen LogP contribution < -0.4 is 11.1 Å². The smallest absolute Gasteiger partial charge is 0.245 e. The number of carbonyl (C=O) groups is 3. The molecule has 0 spiro atoms. The van der Waals surface area contributed by atoms with Crippen molar-refractivity contribution in [1.82, 2.24) is 10.2 Å². The van der Waals surface area contributed by atoms with E-state index in [-0.39, 0.29) is 35.0 Å². The van der Waals surface area contributed by atoms with Crippen LogP contribution in [-0.4, -0.2) is 41.8 Å². The largest absolute Gasteiger partial charge is 0.369 e. The van der Waals surface area contributed by atoms with Gasteiger partial charge in [-0.3, -0.25) is 14.4 Å². The molecule has 1 saturated heterocycles. The van der Waals surface area contributed by atoms with Gasteiger partial charge in [0.2, 0.25) is 17.7 Å². The zero-order valence-electron chi connectivity index (χ0n) is 16.6. The van der Waals surface area contributed by atoms with Crippen molar-refractivity contribution in [2.24, 2.45) is 40.7 Å². The first kappa shape index (κ1) is 18.8. The van der Waals surface area contributed by atoms with Gasteiger partial charge in [-0.05, 0) is 68.6 Å². The summed E-state index contributed by atoms with van der Waals surface area (Å²) in [6.45, 7) is 4.88. The second kappa shape index (κ2) is 6.78. The van der Waals surface area contributed by atoms with Gasteiger partial charge in [0, 0.05) is 18.5 Å². The Morgan fingerprint density at radius 2 is 1.59 bits per heavy atom. The minimum atomic E-state index is -0.517. The van der Waals surface area contributed by atoms with Crippen LogP contribution in [0.25, 0.3) is 0 Å². The standard InChI is InChI=1S/C21H33N3O3/c1-12(2)17(19(26)24-4-3-16(11-24)18(22)25)23-20(27)21-8-13-5-14(9-21)7-15(6-13)10-21/h12-17H,3-11H2,1-2H3,(H2,22,25)(H,23,27)/t13?,14?,15?,16-,17-,21?/m0/s1. The zero-order chi connectivity index (χ0) is 19.3. The molecule has 2 atom stereocenters. The number of hydrogen-bond donors (Lipinski definition) is 2. The summed E-state index contributed by atoms with van der Waals surface area (Å²) in [5, 5.41) is 3.15. The van der Waals surface area contributed by atoms with Gasteiger partial charge in [0.05, 0.1) is 5.92 Å². The lowest BCUT2D eigenvalue weighted by Crippen LogP contribution is -2.58. The normalized spacial score (nSPS) is 38.3. The SMILES string of the molecule is CC(C)[C@H](NC(=O)C12CC3CC(CC(C3)C1)C2)C(=O)N1CC[C@H](C(N)=O)C1. The third-order valence-electron chi connectivity index (χ3n) is 7.64. The Hall–Kier alpha value is -1.59. The molecule has 3 amide bonds. The highest BCUT2D eigenvalue weighted by atomic mass is 16.2. The van der Waals surface area contributed by atoms with E-state index >= 15 is 0 Å². The molecule has 0 aromatic carbocycles. The van der Waals surface area contributed by atoms with Crippen LogP contribution in [0.2, 0.25) is 0 Å². The van der Waals surface area contributed by atoms with Gasteiger partial charge in [-0.1, -0.05) is 13.8 Å². The molecule has 27 heavy (non-hydrogen) atoms. The fourth-order valence-corrected chi connectivity index (χ4v) is 6.59. The van der Waals surface area contributed by atoms with Crippen molar-refractivity contribution >= 4 is 17.7 Å². The number of nitrogens with zero attached hydrogens (tertiary/aromatic N) is 1. The van der Waals surface area contributed by atoms with Crippen molar-refractivity contribution in [1.29, 1.82) is 0 Å². The number of likely N-dealkylation sites (tertiary alicyclic amines) is 1. The molecule has 1 aliphatic heterocycles. The highest BCUT2D eigenvalue weighted by Gasteiger charge is 2.55. The van der Waals surface area contributed by atoms with Crippen LogP contribution in [-0.2, 0) is 14.4 Å². The minimum absolute atomic E-state index is 0.0167. The van der Waals surface area contributed by atoms with E-state index in [0.29, 0.717) is 37.3 Å². The molecule has 4 saturated carbocycles. The van der Waals surface area contributed by atoms with Gasteiger partial charge in [-0.25, -0.2) is 0 Å². The summed E-state index contributed by atoms with van der Waals surface area (Å²) in [4.78, 5) is 39.6. The summed E-state index contributed by atoms with van der Waals surface area (Å²) < 4.78 is 0. The first-order valence-electron chi connectivity index (χ1n) is 10.7. The predicted octanol–water partition coefficient (Wildman–Crippen LogP) is 1.68. The number of nitrogens with one attached hydrogen (secondary N) is 1. The molecule has 0 radical (unpaired) electrons. The summed E-state index contributed by atoms with van der Waals surface area (Å²) in [7, 11) is 0. The maximum absolute atomic E-state index is 13.3. The lowest BCUT2D eigenvalue weighted by atomic mass is 9.49. The molecular formula is C21H33N3O3. The Bertz CT molecular complexity index is 609. The van der Waals surface area contributed by atoms with Crippen LogP contribution in [0, 0.1) is 35.0 Å². The van der Waals surface area contributed by atoms with Gasteiger partial charge in [0.25, 0.3) is 0 Å². The number of primary amides is 1. The summed E-state index contributed by atoms with van der Waals surface area (Å²) in [5.74, 6) is 1.54. The lowest BCUT2D eigenvalue weighted by molar-refractivity contribution is -0.150. The average molecular weight is 376 g/mol. The maximum atomic E-state index is 13.3. The lowest BCUT2D eigenvalue weighted by Gasteiger charge is -2.56. The monoisotopic (exact) mass is 375 g/mol. The van der Waals surface area contributed by atoms with E-state index < -0.39 is 6.04 Å². The van der Waals surface area contributed by atoms with E-state index in [1.807, 2.05) is 13.8 Å². The maximum Gasteiger partial charge on any atom is 0.245 e. The van der Waals surface area contributed by atoms with Crippen LogP contribution in [0.5, 0.6) is 0 Å². The molecule has 150 valence electrons. The molecule has 5 rings (SSSR count). The Morgan fingerprint density at radius 3 is 2.04 bits per heavy atom. The Labute approximate surface area is 161 Å². The van der Waals surface area contributed by atoms with E-state index in [1.54, 1.807) is 4.90 Å². The van der Waals surface area contributed by atoms with E-state index in [0.717, 1.165) is 19.3 Å². The molecule has 5 aliphatic rings. The van der Waals surface area contributed by atoms with E-state index in [9.17, 15) is 14.4 Å². The minimum Gasteiger partial charge on any atom is -0.369 e. The fourth-order valence-electron chi connectivity index (χ4n) is 6.59. The van der Waals surface area contributed by atoms with Crippen LogP contribution in [0.1, 0.15) is 58.8 Å². The van der Waals surface area contributed by atoms with Crippen molar-refractivity contribution in [3.63, 3.8) is 0 Å². The van der Waals surface area contributed by atoms with Gasteiger partial charge in [0.1, 0.15) is 6.04 Å². The Morgan fingerprint density at radius 1 is 1.04 bits per heavy atom. The molecule has 1 heterocycles. The Kier molecular flexibility index (Phi) is 4.71. The molecule has 4 bridgehead atoms. The first-order chi connectivity index (χ1) is 12.8. The van der Waals surface area contributed by atoms with Crippen LogP contribution in [0.15, 0.2) is 0 Å². The zero-order valence-corrected chi connectivity index (χ0v) is 16.6. The summed E-state index contributed by atoms with van der Waals surface area (Å²) in [6, 6.07) is -0.517. The van der Waals surface area contributed by atoms with Gasteiger partial charge < -0.3 is 16.0 Å². The average Bonchev–Trinajstić information content (AvgIpc) is 3.07. The van der Waals surface area contributed by atoms with E-state index in [1.165, 1.54) is 19.3 Å². The van der Waals surface area contributed by atoms with Gasteiger partial charge >= 0.3 is 0 Å². The van der Waals surface area contributed by atoms with Crippen LogP contribution >= 0.6 is 0 Å². The van der Waals surface area contributed by atoms with Crippen molar-refractivity contribution in [2.45, 2.75) is 64.8 Å². The van der Waals surface area contributed by atoms with E-state index in [2.05, 4.69) is 5.32 Å². The Balaban J connectivity index is 1.45. The molecule has 4 aliphatic carbocycles. The molecule has 5 fully saturated rings. The number of amides is 3. The topological polar surface area (TPSA) is 92.5 Å². The van der Waals surface area contributed by atoms with Gasteiger partial charge in [-0.15, -0.1) is 0 Å².